The van der Waals surface area contributed by atoms with Gasteiger partial charge in [0, 0.05) is 42.4 Å². The molecule has 0 radical (unpaired) electrons. The van der Waals surface area contributed by atoms with E-state index in [-0.39, 0.29) is 11.7 Å². The van der Waals surface area contributed by atoms with Crippen LogP contribution in [-0.4, -0.2) is 21.2 Å². The fourth-order valence-electron chi connectivity index (χ4n) is 3.51. The summed E-state index contributed by atoms with van der Waals surface area (Å²) in [4.78, 5) is 28.6. The Balaban J connectivity index is 1.50. The maximum absolute atomic E-state index is 12.5. The molecule has 0 spiro atoms. The van der Waals surface area contributed by atoms with Crippen LogP contribution in [0.2, 0.25) is 0 Å². The quantitative estimate of drug-likeness (QED) is 0.410. The predicted octanol–water partition coefficient (Wildman–Crippen LogP) is 5.57. The number of pyridine rings is 1. The van der Waals surface area contributed by atoms with Crippen LogP contribution >= 0.6 is 0 Å². The van der Waals surface area contributed by atoms with Gasteiger partial charge in [0.15, 0.2) is 5.78 Å². The first-order chi connectivity index (χ1) is 14.2. The average Bonchev–Trinajstić information content (AvgIpc) is 3.21. The number of hydrogen-bond acceptors (Lipinski definition) is 3. The fraction of sp³-hybridized carbons (Fsp3) is 0.160. The largest absolute Gasteiger partial charge is 0.294 e. The summed E-state index contributed by atoms with van der Waals surface area (Å²) in [7, 11) is 0. The smallest absolute Gasteiger partial charge is 0.230 e. The maximum atomic E-state index is 12.5. The van der Waals surface area contributed by atoms with Gasteiger partial charge in [-0.15, -0.1) is 0 Å². The molecule has 0 saturated heterocycles. The van der Waals surface area contributed by atoms with Crippen molar-refractivity contribution < 1.29 is 9.59 Å². The molecule has 2 aromatic carbocycles. The lowest BCUT2D eigenvalue weighted by molar-refractivity contribution is 0.0913. The van der Waals surface area contributed by atoms with Crippen molar-refractivity contribution in [3.05, 3.63) is 90.4 Å². The molecular formula is C25H22N2O2. The van der Waals surface area contributed by atoms with Gasteiger partial charge in [0.2, 0.25) is 5.91 Å². The van der Waals surface area contributed by atoms with Crippen molar-refractivity contribution in [1.82, 2.24) is 9.55 Å². The van der Waals surface area contributed by atoms with E-state index in [0.717, 1.165) is 33.2 Å². The second kappa shape index (κ2) is 8.23. The van der Waals surface area contributed by atoms with Gasteiger partial charge in [-0.3, -0.25) is 19.1 Å². The first kappa shape index (κ1) is 18.8. The Morgan fingerprint density at radius 3 is 2.48 bits per heavy atom. The van der Waals surface area contributed by atoms with Crippen LogP contribution in [0.1, 0.15) is 40.5 Å². The molecule has 4 rings (SSSR count). The predicted molar refractivity (Wildman–Crippen MR) is 115 cm³/mol. The molecule has 2 heterocycles. The van der Waals surface area contributed by atoms with Crippen molar-refractivity contribution in [3.8, 4) is 11.1 Å². The van der Waals surface area contributed by atoms with Gasteiger partial charge in [-0.05, 0) is 47.4 Å². The van der Waals surface area contributed by atoms with Gasteiger partial charge in [0.25, 0.3) is 0 Å². The van der Waals surface area contributed by atoms with E-state index in [1.807, 2.05) is 67.7 Å². The summed E-state index contributed by atoms with van der Waals surface area (Å²) in [6, 6.07) is 19.6. The Morgan fingerprint density at radius 2 is 1.76 bits per heavy atom. The number of Topliss-reactive ketones (excluding diaryl/α,β-unsaturated/α-hetero) is 1. The highest BCUT2D eigenvalue weighted by Gasteiger charge is 2.10. The van der Waals surface area contributed by atoms with Crippen LogP contribution in [0.3, 0.4) is 0 Å². The molecular weight excluding hydrogens is 360 g/mol. The number of aromatic nitrogens is 2. The minimum Gasteiger partial charge on any atom is -0.294 e. The second-order valence-corrected chi connectivity index (χ2v) is 7.07. The molecule has 0 aliphatic carbocycles. The first-order valence-electron chi connectivity index (χ1n) is 9.82. The molecule has 0 saturated carbocycles. The lowest BCUT2D eigenvalue weighted by atomic mass is 9.99. The molecule has 0 amide bonds. The summed E-state index contributed by atoms with van der Waals surface area (Å²) in [5, 5.41) is 1.03. The van der Waals surface area contributed by atoms with Crippen LogP contribution < -0.4 is 0 Å². The summed E-state index contributed by atoms with van der Waals surface area (Å²) in [5.74, 6) is 0.216. The molecule has 0 atom stereocenters. The zero-order chi connectivity index (χ0) is 20.2. The minimum atomic E-state index is 0.0851. The van der Waals surface area contributed by atoms with Gasteiger partial charge in [-0.1, -0.05) is 43.3 Å². The number of benzene rings is 2. The first-order valence-corrected chi connectivity index (χ1v) is 9.82. The van der Waals surface area contributed by atoms with Crippen LogP contribution in [0.5, 0.6) is 0 Å². The lowest BCUT2D eigenvalue weighted by Gasteiger charge is -2.06. The molecule has 4 aromatic rings. The van der Waals surface area contributed by atoms with Crippen LogP contribution in [-0.2, 0) is 6.42 Å². The van der Waals surface area contributed by atoms with Crippen LogP contribution in [0.4, 0.5) is 0 Å². The minimum absolute atomic E-state index is 0.0851. The molecule has 4 nitrogen and oxygen atoms in total. The topological polar surface area (TPSA) is 52.0 Å². The molecule has 0 bridgehead atoms. The summed E-state index contributed by atoms with van der Waals surface area (Å²) in [5.41, 5.74) is 4.82. The van der Waals surface area contributed by atoms with E-state index in [1.165, 1.54) is 0 Å². The summed E-state index contributed by atoms with van der Waals surface area (Å²) >= 11 is 0. The van der Waals surface area contributed by atoms with Crippen LogP contribution in [0, 0.1) is 0 Å². The van der Waals surface area contributed by atoms with Crippen LogP contribution in [0.15, 0.2) is 79.3 Å². The van der Waals surface area contributed by atoms with Crippen molar-refractivity contribution in [2.75, 3.05) is 0 Å². The Labute approximate surface area is 169 Å². The zero-order valence-corrected chi connectivity index (χ0v) is 16.3. The molecule has 144 valence electrons. The van der Waals surface area contributed by atoms with Gasteiger partial charge in [0.1, 0.15) is 0 Å². The number of nitrogens with zero attached hydrogens (tertiary/aromatic N) is 2. The van der Waals surface area contributed by atoms with Crippen molar-refractivity contribution >= 4 is 22.6 Å². The highest BCUT2D eigenvalue weighted by Crippen LogP contribution is 2.26. The van der Waals surface area contributed by atoms with Crippen molar-refractivity contribution in [2.45, 2.75) is 26.2 Å². The molecule has 0 N–H and O–H groups in total. The van der Waals surface area contributed by atoms with Gasteiger partial charge in [0.05, 0.1) is 5.52 Å². The van der Waals surface area contributed by atoms with E-state index in [2.05, 4.69) is 11.1 Å². The number of carbonyl (C=O) groups excluding carboxylic acids is 2. The molecule has 2 aromatic heterocycles. The number of aryl methyl sites for hydroxylation is 1. The number of fused-ring (bicyclic) bond motifs is 1. The van der Waals surface area contributed by atoms with E-state index in [4.69, 9.17) is 0 Å². The third-order valence-electron chi connectivity index (χ3n) is 5.17. The molecule has 0 unspecified atom stereocenters. The molecule has 29 heavy (non-hydrogen) atoms. The second-order valence-electron chi connectivity index (χ2n) is 7.07. The third-order valence-corrected chi connectivity index (χ3v) is 5.17. The summed E-state index contributed by atoms with van der Waals surface area (Å²) in [6.07, 6.45) is 6.99. The maximum Gasteiger partial charge on any atom is 0.230 e. The SMILES string of the molecule is CCC(=O)n1ccc2cc(-c3ccc(C(=O)CCc4cccnc4)cc3)ccc21. The Bertz CT molecular complexity index is 1160. The Hall–Kier alpha value is -3.53. The number of hydrogen-bond donors (Lipinski definition) is 0. The zero-order valence-electron chi connectivity index (χ0n) is 16.3. The fourth-order valence-corrected chi connectivity index (χ4v) is 3.51. The lowest BCUT2D eigenvalue weighted by Crippen LogP contribution is -2.06. The van der Waals surface area contributed by atoms with Crippen molar-refractivity contribution in [2.24, 2.45) is 0 Å². The van der Waals surface area contributed by atoms with Crippen molar-refractivity contribution in [1.29, 1.82) is 0 Å². The Kier molecular flexibility index (Phi) is 5.34. The average molecular weight is 382 g/mol. The summed E-state index contributed by atoms with van der Waals surface area (Å²) in [6.45, 7) is 1.86. The number of rotatable bonds is 6. The van der Waals surface area contributed by atoms with Crippen LogP contribution in [0.25, 0.3) is 22.0 Å². The van der Waals surface area contributed by atoms with Gasteiger partial charge in [-0.2, -0.15) is 0 Å². The third kappa shape index (κ3) is 4.02. The highest BCUT2D eigenvalue weighted by atomic mass is 16.2. The Morgan fingerprint density at radius 1 is 0.966 bits per heavy atom. The van der Waals surface area contributed by atoms with Gasteiger partial charge >= 0.3 is 0 Å². The molecule has 0 fully saturated rings. The molecule has 4 heteroatoms. The van der Waals surface area contributed by atoms with E-state index >= 15 is 0 Å². The van der Waals surface area contributed by atoms with E-state index < -0.39 is 0 Å². The summed E-state index contributed by atoms with van der Waals surface area (Å²) < 4.78 is 1.70. The number of ketones is 1. The normalized spacial score (nSPS) is 10.9. The standard InChI is InChI=1S/C25H22N2O2/c1-2-25(29)27-15-13-22-16-21(10-11-23(22)27)19-6-8-20(9-7-19)24(28)12-5-18-4-3-14-26-17-18/h3-4,6-11,13-17H,2,5,12H2,1H3. The van der Waals surface area contributed by atoms with E-state index in [1.54, 1.807) is 17.0 Å². The van der Waals surface area contributed by atoms with Gasteiger partial charge in [-0.25, -0.2) is 0 Å². The molecule has 0 aliphatic heterocycles. The number of carbonyl (C=O) groups is 2. The van der Waals surface area contributed by atoms with E-state index in [0.29, 0.717) is 19.3 Å². The van der Waals surface area contributed by atoms with E-state index in [9.17, 15) is 9.59 Å². The molecule has 0 aliphatic rings. The highest BCUT2D eigenvalue weighted by molar-refractivity contribution is 5.97. The van der Waals surface area contributed by atoms with Gasteiger partial charge < -0.3 is 0 Å². The monoisotopic (exact) mass is 382 g/mol. The van der Waals surface area contributed by atoms with Crippen molar-refractivity contribution in [3.63, 3.8) is 0 Å².